The van der Waals surface area contributed by atoms with E-state index in [2.05, 4.69) is 0 Å². The van der Waals surface area contributed by atoms with Crippen LogP contribution in [0.15, 0.2) is 0 Å². The van der Waals surface area contributed by atoms with Gasteiger partial charge >= 0.3 is 0 Å². The van der Waals surface area contributed by atoms with Crippen molar-refractivity contribution in [2.45, 2.75) is 25.4 Å². The molecule has 0 saturated carbocycles. The van der Waals surface area contributed by atoms with Gasteiger partial charge in [-0.25, -0.2) is 0 Å². The smallest absolute Gasteiger partial charge is 0.0665 e. The molecule has 1 atom stereocenters. The molecule has 1 heterocycles. The Kier molecular flexibility index (Phi) is 3.83. The van der Waals surface area contributed by atoms with Gasteiger partial charge in [-0.2, -0.15) is 0 Å². The van der Waals surface area contributed by atoms with Crippen LogP contribution in [0.1, 0.15) is 19.3 Å². The largest absolute Gasteiger partial charge is 0.392 e. The van der Waals surface area contributed by atoms with Gasteiger partial charge < -0.3 is 15.6 Å². The predicted octanol–water partition coefficient (Wildman–Crippen LogP) is 0.123. The van der Waals surface area contributed by atoms with E-state index in [9.17, 15) is 5.11 Å². The van der Waals surface area contributed by atoms with Crippen LogP contribution in [0.5, 0.6) is 0 Å². The number of aliphatic hydroxyl groups is 1. The summed E-state index contributed by atoms with van der Waals surface area (Å²) in [4.78, 5) is 0. The van der Waals surface area contributed by atoms with Crippen molar-refractivity contribution in [3.8, 4) is 0 Å². The van der Waals surface area contributed by atoms with Crippen LogP contribution in [-0.4, -0.2) is 31.0 Å². The van der Waals surface area contributed by atoms with Crippen LogP contribution in [0.3, 0.4) is 0 Å². The zero-order valence-corrected chi connectivity index (χ0v) is 6.83. The molecule has 66 valence electrons. The van der Waals surface area contributed by atoms with Crippen LogP contribution in [0.4, 0.5) is 0 Å². The molecule has 1 unspecified atom stereocenters. The molecular formula is C8H17NO2. The summed E-state index contributed by atoms with van der Waals surface area (Å²) < 4.78 is 5.20. The first-order chi connectivity index (χ1) is 5.33. The molecule has 1 aliphatic heterocycles. The van der Waals surface area contributed by atoms with Gasteiger partial charge in [-0.3, -0.25) is 0 Å². The molecule has 1 rings (SSSR count). The van der Waals surface area contributed by atoms with E-state index in [-0.39, 0.29) is 6.10 Å². The van der Waals surface area contributed by atoms with Crippen LogP contribution in [0.25, 0.3) is 0 Å². The topological polar surface area (TPSA) is 55.5 Å². The second-order valence-corrected chi connectivity index (χ2v) is 3.18. The van der Waals surface area contributed by atoms with E-state index >= 15 is 0 Å². The summed E-state index contributed by atoms with van der Waals surface area (Å²) in [6.45, 7) is 2.08. The maximum atomic E-state index is 9.24. The maximum absolute atomic E-state index is 9.24. The second kappa shape index (κ2) is 4.70. The molecule has 0 amide bonds. The first kappa shape index (κ1) is 8.97. The normalized spacial score (nSPS) is 23.5. The lowest BCUT2D eigenvalue weighted by Gasteiger charge is -2.23. The molecule has 3 nitrogen and oxygen atoms in total. The third kappa shape index (κ3) is 3.18. The molecule has 1 fully saturated rings. The van der Waals surface area contributed by atoms with E-state index in [1.165, 1.54) is 0 Å². The van der Waals surface area contributed by atoms with Gasteiger partial charge in [-0.05, 0) is 25.2 Å². The van der Waals surface area contributed by atoms with Gasteiger partial charge in [0.25, 0.3) is 0 Å². The van der Waals surface area contributed by atoms with Gasteiger partial charge in [0.15, 0.2) is 0 Å². The lowest BCUT2D eigenvalue weighted by molar-refractivity contribution is 0.0454. The Bertz CT molecular complexity index is 102. The van der Waals surface area contributed by atoms with Crippen LogP contribution >= 0.6 is 0 Å². The van der Waals surface area contributed by atoms with E-state index in [1.54, 1.807) is 0 Å². The number of hydrogen-bond donors (Lipinski definition) is 2. The van der Waals surface area contributed by atoms with E-state index in [0.29, 0.717) is 12.5 Å². The standard InChI is InChI=1S/C8H17NO2/c9-6-8(10)5-7-1-3-11-4-2-7/h7-8,10H,1-6,9H2. The van der Waals surface area contributed by atoms with Crippen molar-refractivity contribution in [3.05, 3.63) is 0 Å². The Hall–Kier alpha value is -0.120. The Morgan fingerprint density at radius 1 is 1.45 bits per heavy atom. The van der Waals surface area contributed by atoms with Crippen molar-refractivity contribution in [1.82, 2.24) is 0 Å². The molecule has 0 aliphatic carbocycles. The van der Waals surface area contributed by atoms with E-state index in [0.717, 1.165) is 32.5 Å². The highest BCUT2D eigenvalue weighted by atomic mass is 16.5. The molecule has 0 aromatic rings. The summed E-state index contributed by atoms with van der Waals surface area (Å²) in [7, 11) is 0. The molecular weight excluding hydrogens is 142 g/mol. The number of aliphatic hydroxyl groups excluding tert-OH is 1. The Morgan fingerprint density at radius 2 is 2.09 bits per heavy atom. The lowest BCUT2D eigenvalue weighted by Crippen LogP contribution is -2.26. The molecule has 1 aliphatic rings. The van der Waals surface area contributed by atoms with Gasteiger partial charge in [0.05, 0.1) is 6.10 Å². The molecule has 0 radical (unpaired) electrons. The number of hydrogen-bond acceptors (Lipinski definition) is 3. The summed E-state index contributed by atoms with van der Waals surface area (Å²) >= 11 is 0. The maximum Gasteiger partial charge on any atom is 0.0665 e. The Labute approximate surface area is 67.5 Å². The fourth-order valence-electron chi connectivity index (χ4n) is 1.46. The highest BCUT2D eigenvalue weighted by Crippen LogP contribution is 2.19. The molecule has 3 N–H and O–H groups in total. The van der Waals surface area contributed by atoms with Gasteiger partial charge in [0, 0.05) is 19.8 Å². The minimum absolute atomic E-state index is 0.307. The number of nitrogens with two attached hydrogens (primary N) is 1. The lowest BCUT2D eigenvalue weighted by atomic mass is 9.94. The van der Waals surface area contributed by atoms with Crippen LogP contribution in [0, 0.1) is 5.92 Å². The first-order valence-electron chi connectivity index (χ1n) is 4.29. The quantitative estimate of drug-likeness (QED) is 0.615. The van der Waals surface area contributed by atoms with Crippen LogP contribution in [0.2, 0.25) is 0 Å². The number of rotatable bonds is 3. The summed E-state index contributed by atoms with van der Waals surface area (Å²) in [5.74, 6) is 0.627. The molecule has 0 aromatic carbocycles. The third-order valence-electron chi connectivity index (χ3n) is 2.22. The average Bonchev–Trinajstić information content (AvgIpc) is 2.06. The minimum Gasteiger partial charge on any atom is -0.392 e. The summed E-state index contributed by atoms with van der Waals surface area (Å²) in [6, 6.07) is 0. The highest BCUT2D eigenvalue weighted by Gasteiger charge is 2.16. The van der Waals surface area contributed by atoms with Gasteiger partial charge in [-0.15, -0.1) is 0 Å². The molecule has 3 heteroatoms. The van der Waals surface area contributed by atoms with Crippen LogP contribution in [-0.2, 0) is 4.74 Å². The third-order valence-corrected chi connectivity index (χ3v) is 2.22. The van der Waals surface area contributed by atoms with Crippen LogP contribution < -0.4 is 5.73 Å². The minimum atomic E-state index is -0.307. The second-order valence-electron chi connectivity index (χ2n) is 3.18. The zero-order valence-electron chi connectivity index (χ0n) is 6.83. The van der Waals surface area contributed by atoms with Gasteiger partial charge in [-0.1, -0.05) is 0 Å². The van der Waals surface area contributed by atoms with Crippen molar-refractivity contribution in [1.29, 1.82) is 0 Å². The monoisotopic (exact) mass is 159 g/mol. The average molecular weight is 159 g/mol. The predicted molar refractivity (Wildman–Crippen MR) is 43.2 cm³/mol. The van der Waals surface area contributed by atoms with Gasteiger partial charge in [0.1, 0.15) is 0 Å². The molecule has 11 heavy (non-hydrogen) atoms. The fraction of sp³-hybridized carbons (Fsp3) is 1.00. The molecule has 0 spiro atoms. The van der Waals surface area contributed by atoms with E-state index in [4.69, 9.17) is 10.5 Å². The SMILES string of the molecule is NCC(O)CC1CCOCC1. The fourth-order valence-corrected chi connectivity index (χ4v) is 1.46. The number of ether oxygens (including phenoxy) is 1. The van der Waals surface area contributed by atoms with Crippen molar-refractivity contribution in [2.24, 2.45) is 11.7 Å². The van der Waals surface area contributed by atoms with Gasteiger partial charge in [0.2, 0.25) is 0 Å². The van der Waals surface area contributed by atoms with E-state index < -0.39 is 0 Å². The van der Waals surface area contributed by atoms with Crippen molar-refractivity contribution < 1.29 is 9.84 Å². The Balaban J connectivity index is 2.13. The van der Waals surface area contributed by atoms with E-state index in [1.807, 2.05) is 0 Å². The summed E-state index contributed by atoms with van der Waals surface area (Å²) in [6.07, 6.45) is 2.70. The molecule has 0 aromatic heterocycles. The highest BCUT2D eigenvalue weighted by molar-refractivity contribution is 4.68. The van der Waals surface area contributed by atoms with Crippen molar-refractivity contribution in [2.75, 3.05) is 19.8 Å². The Morgan fingerprint density at radius 3 is 2.64 bits per heavy atom. The summed E-state index contributed by atoms with van der Waals surface area (Å²) in [5, 5.41) is 9.24. The molecule has 0 bridgehead atoms. The van der Waals surface area contributed by atoms with Crippen molar-refractivity contribution >= 4 is 0 Å². The van der Waals surface area contributed by atoms with Crippen molar-refractivity contribution in [3.63, 3.8) is 0 Å². The first-order valence-corrected chi connectivity index (χ1v) is 4.29. The summed E-state index contributed by atoms with van der Waals surface area (Å²) in [5.41, 5.74) is 5.31. The molecule has 1 saturated heterocycles. The zero-order chi connectivity index (χ0) is 8.10.